The van der Waals surface area contributed by atoms with Crippen LogP contribution in [-0.4, -0.2) is 22.4 Å². The van der Waals surface area contributed by atoms with Gasteiger partial charge in [-0.05, 0) is 46.2 Å². The van der Waals surface area contributed by atoms with Gasteiger partial charge in [0, 0.05) is 27.8 Å². The monoisotopic (exact) mass is 266 g/mol. The van der Waals surface area contributed by atoms with Gasteiger partial charge in [-0.3, -0.25) is 4.79 Å². The lowest BCUT2D eigenvalue weighted by molar-refractivity contribution is -0.133. The molecule has 1 aliphatic rings. The normalized spacial score (nSPS) is 25.0. The van der Waals surface area contributed by atoms with Crippen LogP contribution in [0.3, 0.4) is 0 Å². The van der Waals surface area contributed by atoms with Crippen LogP contribution in [0.25, 0.3) is 0 Å². The topological polar surface area (TPSA) is 46.3 Å². The van der Waals surface area contributed by atoms with Crippen molar-refractivity contribution in [2.75, 3.05) is 0 Å². The average Bonchev–Trinajstić information content (AvgIpc) is 2.65. The van der Waals surface area contributed by atoms with Crippen LogP contribution in [0, 0.1) is 13.8 Å². The Kier molecular flexibility index (Phi) is 3.28. The van der Waals surface area contributed by atoms with Gasteiger partial charge >= 0.3 is 0 Å². The van der Waals surface area contributed by atoms with Crippen molar-refractivity contribution in [2.45, 2.75) is 58.7 Å². The Labute approximate surface area is 113 Å². The molecular formula is C14H22N2OS. The van der Waals surface area contributed by atoms with Crippen LogP contribution in [0.15, 0.2) is 6.07 Å². The Morgan fingerprint density at radius 1 is 1.39 bits per heavy atom. The molecule has 2 rings (SSSR count). The van der Waals surface area contributed by atoms with Crippen LogP contribution < -0.4 is 5.73 Å². The number of aryl methyl sites for hydroxylation is 2. The summed E-state index contributed by atoms with van der Waals surface area (Å²) in [6.45, 7) is 10.4. The zero-order valence-electron chi connectivity index (χ0n) is 11.8. The maximum absolute atomic E-state index is 12.2. The van der Waals surface area contributed by atoms with Crippen molar-refractivity contribution in [1.29, 1.82) is 0 Å². The standard InChI is InChI=1S/C14H22N2OS/c1-8-6-10(9(2)18-8)13-11(15)7-12(17)16(13)14(3,4)5/h6,11,13H,7,15H2,1-5H3. The zero-order chi connectivity index (χ0) is 13.7. The summed E-state index contributed by atoms with van der Waals surface area (Å²) in [6.07, 6.45) is 0.455. The summed E-state index contributed by atoms with van der Waals surface area (Å²) in [5, 5.41) is 0. The predicted octanol–water partition coefficient (Wildman–Crippen LogP) is 2.76. The molecule has 0 radical (unpaired) electrons. The molecule has 1 fully saturated rings. The number of hydrogen-bond acceptors (Lipinski definition) is 3. The lowest BCUT2D eigenvalue weighted by Gasteiger charge is -2.38. The van der Waals surface area contributed by atoms with Gasteiger partial charge in [0.05, 0.1) is 6.04 Å². The van der Waals surface area contributed by atoms with E-state index in [2.05, 4.69) is 40.7 Å². The molecule has 0 spiro atoms. The molecule has 2 atom stereocenters. The highest BCUT2D eigenvalue weighted by Gasteiger charge is 2.44. The molecule has 0 bridgehead atoms. The van der Waals surface area contributed by atoms with Gasteiger partial charge in [-0.25, -0.2) is 0 Å². The van der Waals surface area contributed by atoms with Crippen LogP contribution in [0.4, 0.5) is 0 Å². The first kappa shape index (κ1) is 13.6. The number of nitrogens with zero attached hydrogens (tertiary/aromatic N) is 1. The summed E-state index contributed by atoms with van der Waals surface area (Å²) in [5.41, 5.74) is 7.25. The molecule has 3 nitrogen and oxygen atoms in total. The summed E-state index contributed by atoms with van der Waals surface area (Å²) < 4.78 is 0. The third kappa shape index (κ3) is 2.19. The molecule has 0 saturated carbocycles. The smallest absolute Gasteiger partial charge is 0.225 e. The first-order chi connectivity index (χ1) is 8.21. The Hall–Kier alpha value is -0.870. The molecule has 100 valence electrons. The molecule has 18 heavy (non-hydrogen) atoms. The van der Waals surface area contributed by atoms with Crippen molar-refractivity contribution in [3.05, 3.63) is 21.4 Å². The fourth-order valence-corrected chi connectivity index (χ4v) is 3.83. The second-order valence-corrected chi connectivity index (χ2v) is 7.58. The number of hydrogen-bond donors (Lipinski definition) is 1. The summed E-state index contributed by atoms with van der Waals surface area (Å²) in [6, 6.07) is 2.12. The van der Waals surface area contributed by atoms with Crippen molar-refractivity contribution in [1.82, 2.24) is 4.90 Å². The van der Waals surface area contributed by atoms with Crippen LogP contribution in [-0.2, 0) is 4.79 Å². The fraction of sp³-hybridized carbons (Fsp3) is 0.643. The predicted molar refractivity (Wildman–Crippen MR) is 75.7 cm³/mol. The highest BCUT2D eigenvalue weighted by atomic mass is 32.1. The van der Waals surface area contributed by atoms with Gasteiger partial charge in [0.1, 0.15) is 0 Å². The van der Waals surface area contributed by atoms with Crippen molar-refractivity contribution in [2.24, 2.45) is 5.73 Å². The van der Waals surface area contributed by atoms with Gasteiger partial charge in [0.15, 0.2) is 0 Å². The molecule has 1 aliphatic heterocycles. The van der Waals surface area contributed by atoms with E-state index in [-0.39, 0.29) is 23.5 Å². The SMILES string of the molecule is Cc1cc(C2C(N)CC(=O)N2C(C)(C)C)c(C)s1. The van der Waals surface area contributed by atoms with E-state index in [4.69, 9.17) is 5.73 Å². The number of likely N-dealkylation sites (tertiary alicyclic amines) is 1. The van der Waals surface area contributed by atoms with Gasteiger partial charge in [-0.15, -0.1) is 11.3 Å². The number of nitrogens with two attached hydrogens (primary N) is 1. The highest BCUT2D eigenvalue weighted by molar-refractivity contribution is 7.12. The molecule has 1 amide bonds. The number of thiophene rings is 1. The summed E-state index contributed by atoms with van der Waals surface area (Å²) >= 11 is 1.78. The minimum Gasteiger partial charge on any atom is -0.329 e. The van der Waals surface area contributed by atoms with Crippen molar-refractivity contribution < 1.29 is 4.79 Å². The summed E-state index contributed by atoms with van der Waals surface area (Å²) in [4.78, 5) is 16.7. The average molecular weight is 266 g/mol. The first-order valence-electron chi connectivity index (χ1n) is 6.36. The third-order valence-electron chi connectivity index (χ3n) is 3.48. The second-order valence-electron chi connectivity index (χ2n) is 6.12. The third-order valence-corrected chi connectivity index (χ3v) is 4.47. The van der Waals surface area contributed by atoms with E-state index < -0.39 is 0 Å². The van der Waals surface area contributed by atoms with Gasteiger partial charge in [0.25, 0.3) is 0 Å². The van der Waals surface area contributed by atoms with Crippen LogP contribution in [0.5, 0.6) is 0 Å². The van der Waals surface area contributed by atoms with E-state index in [0.717, 1.165) is 0 Å². The van der Waals surface area contributed by atoms with Crippen molar-refractivity contribution in [3.63, 3.8) is 0 Å². The Morgan fingerprint density at radius 2 is 2.00 bits per heavy atom. The van der Waals surface area contributed by atoms with E-state index in [1.807, 2.05) is 4.90 Å². The van der Waals surface area contributed by atoms with Crippen LogP contribution in [0.1, 0.15) is 48.6 Å². The fourth-order valence-electron chi connectivity index (χ4n) is 2.86. The minimum absolute atomic E-state index is 0.0300. The quantitative estimate of drug-likeness (QED) is 0.849. The van der Waals surface area contributed by atoms with E-state index in [9.17, 15) is 4.79 Å². The lowest BCUT2D eigenvalue weighted by atomic mass is 9.97. The van der Waals surface area contributed by atoms with E-state index in [1.54, 1.807) is 11.3 Å². The molecular weight excluding hydrogens is 244 g/mol. The minimum atomic E-state index is -0.182. The highest BCUT2D eigenvalue weighted by Crippen LogP contribution is 2.40. The number of rotatable bonds is 1. The molecule has 0 aliphatic carbocycles. The van der Waals surface area contributed by atoms with Crippen LogP contribution in [0.2, 0.25) is 0 Å². The van der Waals surface area contributed by atoms with E-state index >= 15 is 0 Å². The summed E-state index contributed by atoms with van der Waals surface area (Å²) in [7, 11) is 0. The first-order valence-corrected chi connectivity index (χ1v) is 7.18. The Bertz CT molecular complexity index is 473. The van der Waals surface area contributed by atoms with Gasteiger partial charge < -0.3 is 10.6 Å². The molecule has 4 heteroatoms. The number of carbonyl (C=O) groups is 1. The van der Waals surface area contributed by atoms with Crippen molar-refractivity contribution >= 4 is 17.2 Å². The molecule has 0 aromatic carbocycles. The summed E-state index contributed by atoms with van der Waals surface area (Å²) in [5.74, 6) is 0.170. The molecule has 2 unspecified atom stereocenters. The zero-order valence-corrected chi connectivity index (χ0v) is 12.6. The van der Waals surface area contributed by atoms with Crippen molar-refractivity contribution in [3.8, 4) is 0 Å². The maximum atomic E-state index is 12.2. The number of amides is 1. The molecule has 2 N–H and O–H groups in total. The maximum Gasteiger partial charge on any atom is 0.225 e. The molecule has 2 heterocycles. The molecule has 1 saturated heterocycles. The lowest BCUT2D eigenvalue weighted by Crippen LogP contribution is -2.45. The molecule has 1 aromatic rings. The number of carbonyl (C=O) groups excluding carboxylic acids is 1. The Balaban J connectivity index is 2.46. The largest absolute Gasteiger partial charge is 0.329 e. The van der Waals surface area contributed by atoms with Gasteiger partial charge in [-0.2, -0.15) is 0 Å². The van der Waals surface area contributed by atoms with E-state index in [1.165, 1.54) is 15.3 Å². The van der Waals surface area contributed by atoms with E-state index in [0.29, 0.717) is 6.42 Å². The Morgan fingerprint density at radius 3 is 2.44 bits per heavy atom. The van der Waals surface area contributed by atoms with Crippen LogP contribution >= 0.6 is 11.3 Å². The van der Waals surface area contributed by atoms with Gasteiger partial charge in [-0.1, -0.05) is 0 Å². The second kappa shape index (κ2) is 4.35. The van der Waals surface area contributed by atoms with Gasteiger partial charge in [0.2, 0.25) is 5.91 Å². The molecule has 1 aromatic heterocycles.